The highest BCUT2D eigenvalue weighted by molar-refractivity contribution is 9.10. The summed E-state index contributed by atoms with van der Waals surface area (Å²) in [6.07, 6.45) is 0.903. The number of aromatic nitrogens is 1. The van der Waals surface area contributed by atoms with Gasteiger partial charge in [-0.2, -0.15) is 0 Å². The maximum atomic E-state index is 4.86. The summed E-state index contributed by atoms with van der Waals surface area (Å²) in [6, 6.07) is 27.2. The predicted octanol–water partition coefficient (Wildman–Crippen LogP) is 7.04. The number of nitrogens with zero attached hydrogens (tertiary/aromatic N) is 2. The minimum atomic E-state index is 0.893. The summed E-state index contributed by atoms with van der Waals surface area (Å²) in [5.74, 6) is 0. The molecule has 28 heavy (non-hydrogen) atoms. The van der Waals surface area contributed by atoms with E-state index in [1.165, 1.54) is 11.1 Å². The van der Waals surface area contributed by atoms with Gasteiger partial charge in [-0.1, -0.05) is 66.7 Å². The fraction of sp³-hybridized carbons (Fsp3) is 0.120. The topological polar surface area (TPSA) is 25.2 Å². The first-order valence-corrected chi connectivity index (χ1v) is 10.1. The Kier molecular flexibility index (Phi) is 5.36. The van der Waals surface area contributed by atoms with E-state index in [0.717, 1.165) is 44.5 Å². The van der Waals surface area contributed by atoms with Crippen molar-refractivity contribution in [3.05, 3.63) is 106 Å². The number of halogens is 1. The quantitative estimate of drug-likeness (QED) is 0.320. The van der Waals surface area contributed by atoms with Crippen LogP contribution in [0.4, 0.5) is 5.69 Å². The van der Waals surface area contributed by atoms with Gasteiger partial charge in [-0.3, -0.25) is 4.99 Å². The Morgan fingerprint density at radius 3 is 2.32 bits per heavy atom. The Labute approximate surface area is 174 Å². The van der Waals surface area contributed by atoms with Gasteiger partial charge in [0.2, 0.25) is 0 Å². The number of fused-ring (bicyclic) bond motifs is 1. The minimum absolute atomic E-state index is 0.893. The molecule has 0 unspecified atom stereocenters. The van der Waals surface area contributed by atoms with Crippen LogP contribution in [0.15, 0.2) is 88.3 Å². The van der Waals surface area contributed by atoms with Gasteiger partial charge in [-0.25, -0.2) is 4.98 Å². The molecular formula is C25H21BrN2. The monoisotopic (exact) mass is 428 g/mol. The average Bonchev–Trinajstić information content (AvgIpc) is 2.72. The molecule has 0 bridgehead atoms. The van der Waals surface area contributed by atoms with Crippen LogP contribution in [-0.2, 0) is 6.42 Å². The summed E-state index contributed by atoms with van der Waals surface area (Å²) in [4.78, 5) is 9.67. The molecule has 1 aromatic heterocycles. The van der Waals surface area contributed by atoms with Crippen molar-refractivity contribution in [3.8, 4) is 0 Å². The molecule has 1 heterocycles. The highest BCUT2D eigenvalue weighted by Gasteiger charge is 2.12. The van der Waals surface area contributed by atoms with E-state index in [2.05, 4.69) is 76.6 Å². The van der Waals surface area contributed by atoms with Crippen molar-refractivity contribution in [2.45, 2.75) is 20.3 Å². The summed E-state index contributed by atoms with van der Waals surface area (Å²) in [6.45, 7) is 4.07. The van der Waals surface area contributed by atoms with Crippen molar-refractivity contribution in [3.63, 3.8) is 0 Å². The third kappa shape index (κ3) is 3.90. The van der Waals surface area contributed by atoms with E-state index in [1.807, 2.05) is 32.0 Å². The van der Waals surface area contributed by atoms with Crippen LogP contribution in [0.2, 0.25) is 0 Å². The molecule has 0 spiro atoms. The maximum absolute atomic E-state index is 4.86. The molecule has 4 rings (SSSR count). The van der Waals surface area contributed by atoms with Gasteiger partial charge in [0.25, 0.3) is 0 Å². The number of pyridine rings is 1. The SMILES string of the molecule is CC(=Nc1cccc(Cc2ccccc2)c1)c1nc(C)c2ccccc2c1Br. The van der Waals surface area contributed by atoms with Crippen LogP contribution in [0.5, 0.6) is 0 Å². The van der Waals surface area contributed by atoms with Crippen molar-refractivity contribution in [1.29, 1.82) is 0 Å². The Bertz CT molecular complexity index is 1160. The van der Waals surface area contributed by atoms with E-state index in [0.29, 0.717) is 0 Å². The first kappa shape index (κ1) is 18.6. The molecule has 3 heteroatoms. The summed E-state index contributed by atoms with van der Waals surface area (Å²) in [5, 5.41) is 2.33. The molecule has 0 radical (unpaired) electrons. The van der Waals surface area contributed by atoms with Gasteiger partial charge in [0.05, 0.1) is 21.6 Å². The lowest BCUT2D eigenvalue weighted by Gasteiger charge is -2.10. The molecule has 0 aliphatic rings. The number of hydrogen-bond donors (Lipinski definition) is 0. The average molecular weight is 429 g/mol. The number of aryl methyl sites for hydroxylation is 1. The molecule has 0 fully saturated rings. The van der Waals surface area contributed by atoms with Gasteiger partial charge in [0.15, 0.2) is 0 Å². The summed E-state index contributed by atoms with van der Waals surface area (Å²) in [7, 11) is 0. The highest BCUT2D eigenvalue weighted by atomic mass is 79.9. The summed E-state index contributed by atoms with van der Waals surface area (Å²) < 4.78 is 0.996. The van der Waals surface area contributed by atoms with Crippen LogP contribution in [0.25, 0.3) is 10.8 Å². The first-order valence-electron chi connectivity index (χ1n) is 9.35. The Morgan fingerprint density at radius 2 is 1.54 bits per heavy atom. The van der Waals surface area contributed by atoms with Crippen LogP contribution in [0.3, 0.4) is 0 Å². The Morgan fingerprint density at radius 1 is 0.857 bits per heavy atom. The zero-order chi connectivity index (χ0) is 19.5. The lowest BCUT2D eigenvalue weighted by atomic mass is 10.0. The van der Waals surface area contributed by atoms with Crippen molar-refractivity contribution >= 4 is 38.1 Å². The third-order valence-corrected chi connectivity index (χ3v) is 5.64. The number of benzene rings is 3. The number of aliphatic imine (C=N–C) groups is 1. The molecule has 3 aromatic carbocycles. The smallest absolute Gasteiger partial charge is 0.0993 e. The maximum Gasteiger partial charge on any atom is 0.0993 e. The van der Waals surface area contributed by atoms with Crippen LogP contribution in [-0.4, -0.2) is 10.7 Å². The molecule has 0 N–H and O–H groups in total. The lowest BCUT2D eigenvalue weighted by molar-refractivity contribution is 1.18. The second kappa shape index (κ2) is 8.07. The van der Waals surface area contributed by atoms with E-state index in [4.69, 9.17) is 9.98 Å². The summed E-state index contributed by atoms with van der Waals surface area (Å²) in [5.41, 5.74) is 6.31. The van der Waals surface area contributed by atoms with Crippen molar-refractivity contribution in [2.75, 3.05) is 0 Å². The van der Waals surface area contributed by atoms with E-state index in [9.17, 15) is 0 Å². The van der Waals surface area contributed by atoms with Crippen LogP contribution in [0, 0.1) is 6.92 Å². The fourth-order valence-corrected chi connectivity index (χ4v) is 4.17. The van der Waals surface area contributed by atoms with Gasteiger partial charge < -0.3 is 0 Å². The zero-order valence-electron chi connectivity index (χ0n) is 16.0. The van der Waals surface area contributed by atoms with Gasteiger partial charge in [-0.15, -0.1) is 0 Å². The van der Waals surface area contributed by atoms with E-state index < -0.39 is 0 Å². The standard InChI is InChI=1S/C25H21BrN2/c1-17-22-13-6-7-14-23(22)24(26)25(28-17)18(2)27-21-12-8-11-20(16-21)15-19-9-4-3-5-10-19/h3-14,16H,15H2,1-2H3. The van der Waals surface area contributed by atoms with Crippen LogP contribution in [0.1, 0.15) is 29.4 Å². The van der Waals surface area contributed by atoms with Crippen LogP contribution >= 0.6 is 15.9 Å². The fourth-order valence-electron chi connectivity index (χ4n) is 3.45. The number of hydrogen-bond acceptors (Lipinski definition) is 2. The second-order valence-electron chi connectivity index (χ2n) is 6.93. The van der Waals surface area contributed by atoms with E-state index in [-0.39, 0.29) is 0 Å². The van der Waals surface area contributed by atoms with Crippen molar-refractivity contribution < 1.29 is 0 Å². The Hall–Kier alpha value is -2.78. The van der Waals surface area contributed by atoms with Crippen LogP contribution < -0.4 is 0 Å². The molecule has 138 valence electrons. The molecule has 0 amide bonds. The van der Waals surface area contributed by atoms with E-state index in [1.54, 1.807) is 0 Å². The molecule has 0 aliphatic heterocycles. The van der Waals surface area contributed by atoms with Crippen molar-refractivity contribution in [2.24, 2.45) is 4.99 Å². The van der Waals surface area contributed by atoms with Crippen molar-refractivity contribution in [1.82, 2.24) is 4.98 Å². The predicted molar refractivity (Wildman–Crippen MR) is 122 cm³/mol. The lowest BCUT2D eigenvalue weighted by Crippen LogP contribution is -2.02. The van der Waals surface area contributed by atoms with Gasteiger partial charge in [0, 0.05) is 11.1 Å². The molecule has 4 aromatic rings. The van der Waals surface area contributed by atoms with Gasteiger partial charge in [-0.05, 0) is 64.8 Å². The summed E-state index contributed by atoms with van der Waals surface area (Å²) >= 11 is 3.75. The zero-order valence-corrected chi connectivity index (χ0v) is 17.6. The van der Waals surface area contributed by atoms with E-state index >= 15 is 0 Å². The largest absolute Gasteiger partial charge is 0.251 e. The molecule has 0 atom stereocenters. The third-order valence-electron chi connectivity index (χ3n) is 4.84. The first-order chi connectivity index (χ1) is 13.6. The normalized spacial score (nSPS) is 11.8. The van der Waals surface area contributed by atoms with Gasteiger partial charge in [0.1, 0.15) is 0 Å². The number of rotatable bonds is 4. The van der Waals surface area contributed by atoms with Gasteiger partial charge >= 0.3 is 0 Å². The molecule has 0 saturated heterocycles. The molecule has 0 aliphatic carbocycles. The molecule has 2 nitrogen and oxygen atoms in total. The second-order valence-corrected chi connectivity index (χ2v) is 7.73. The Balaban J connectivity index is 1.69. The highest BCUT2D eigenvalue weighted by Crippen LogP contribution is 2.29. The molecule has 0 saturated carbocycles. The minimum Gasteiger partial charge on any atom is -0.251 e. The molecular weight excluding hydrogens is 408 g/mol.